The molecule has 166 valence electrons. The molecule has 9 heteroatoms. The van der Waals surface area contributed by atoms with Crippen LogP contribution in [0.3, 0.4) is 0 Å². The van der Waals surface area contributed by atoms with Crippen molar-refractivity contribution in [3.8, 4) is 23.0 Å². The van der Waals surface area contributed by atoms with Gasteiger partial charge >= 0.3 is 0 Å². The molecule has 9 nitrogen and oxygen atoms in total. The van der Waals surface area contributed by atoms with E-state index in [4.69, 9.17) is 14.2 Å². The van der Waals surface area contributed by atoms with Gasteiger partial charge in [-0.3, -0.25) is 0 Å². The Kier molecular flexibility index (Phi) is 5.35. The van der Waals surface area contributed by atoms with E-state index in [1.54, 1.807) is 11.6 Å². The van der Waals surface area contributed by atoms with Gasteiger partial charge in [0.1, 0.15) is 30.0 Å². The Balaban J connectivity index is 1.45. The summed E-state index contributed by atoms with van der Waals surface area (Å²) >= 11 is 0. The van der Waals surface area contributed by atoms with Crippen molar-refractivity contribution < 1.29 is 14.2 Å². The van der Waals surface area contributed by atoms with Gasteiger partial charge in [-0.25, -0.2) is 19.5 Å². The fourth-order valence-corrected chi connectivity index (χ4v) is 3.63. The van der Waals surface area contributed by atoms with Crippen LogP contribution >= 0.6 is 0 Å². The number of methoxy groups -OCH3 is 1. The van der Waals surface area contributed by atoms with Crippen LogP contribution in [0.1, 0.15) is 12.5 Å². The summed E-state index contributed by atoms with van der Waals surface area (Å²) in [6.07, 6.45) is 4.84. The molecule has 5 rings (SSSR count). The van der Waals surface area contributed by atoms with E-state index in [9.17, 15) is 0 Å². The fraction of sp³-hybridized carbons (Fsp3) is 0.167. The molecule has 0 radical (unpaired) electrons. The second-order valence-corrected chi connectivity index (χ2v) is 7.28. The van der Waals surface area contributed by atoms with Crippen LogP contribution in [0.25, 0.3) is 16.6 Å². The van der Waals surface area contributed by atoms with Crippen molar-refractivity contribution >= 4 is 28.1 Å². The van der Waals surface area contributed by atoms with Gasteiger partial charge in [0.05, 0.1) is 24.6 Å². The molecule has 0 saturated heterocycles. The minimum absolute atomic E-state index is 0.531. The Morgan fingerprint density at radius 3 is 2.67 bits per heavy atom. The molecule has 0 saturated carbocycles. The maximum absolute atomic E-state index is 6.07. The maximum atomic E-state index is 6.07. The maximum Gasteiger partial charge on any atom is 0.173 e. The lowest BCUT2D eigenvalue weighted by molar-refractivity contribution is 0.313. The number of ether oxygens (including phenoxy) is 3. The molecule has 0 spiro atoms. The number of rotatable bonds is 7. The Morgan fingerprint density at radius 1 is 0.970 bits per heavy atom. The van der Waals surface area contributed by atoms with E-state index in [2.05, 4.69) is 25.4 Å². The number of aryl methyl sites for hydroxylation is 1. The highest BCUT2D eigenvalue weighted by atomic mass is 16.5. The summed E-state index contributed by atoms with van der Waals surface area (Å²) in [6, 6.07) is 13.3. The molecule has 0 fully saturated rings. The molecule has 1 N–H and O–H groups in total. The van der Waals surface area contributed by atoms with Gasteiger partial charge in [0.15, 0.2) is 17.1 Å². The average molecular weight is 442 g/mol. The number of pyridine rings is 1. The van der Waals surface area contributed by atoms with Crippen LogP contribution < -0.4 is 19.5 Å². The van der Waals surface area contributed by atoms with E-state index in [1.165, 1.54) is 12.7 Å². The third-order valence-electron chi connectivity index (χ3n) is 5.14. The third kappa shape index (κ3) is 3.96. The quantitative estimate of drug-likeness (QED) is 0.379. The van der Waals surface area contributed by atoms with Crippen molar-refractivity contribution in [3.05, 3.63) is 66.9 Å². The molecule has 2 aromatic carbocycles. The number of anilines is 2. The molecular weight excluding hydrogens is 420 g/mol. The highest BCUT2D eigenvalue weighted by molar-refractivity contribution is 5.97. The molecule has 0 amide bonds. The Labute approximate surface area is 190 Å². The summed E-state index contributed by atoms with van der Waals surface area (Å²) in [6.45, 7) is 4.45. The van der Waals surface area contributed by atoms with Crippen LogP contribution in [-0.2, 0) is 0 Å². The normalized spacial score (nSPS) is 11.0. The van der Waals surface area contributed by atoms with Gasteiger partial charge in [-0.2, -0.15) is 5.10 Å². The first kappa shape index (κ1) is 20.5. The van der Waals surface area contributed by atoms with Crippen LogP contribution in [0.4, 0.5) is 11.5 Å². The lowest BCUT2D eigenvalue weighted by Gasteiger charge is -2.15. The second-order valence-electron chi connectivity index (χ2n) is 7.28. The van der Waals surface area contributed by atoms with E-state index < -0.39 is 0 Å². The summed E-state index contributed by atoms with van der Waals surface area (Å²) < 4.78 is 19.1. The highest BCUT2D eigenvalue weighted by Crippen LogP contribution is 2.39. The second kappa shape index (κ2) is 8.62. The lowest BCUT2D eigenvalue weighted by atomic mass is 10.1. The minimum Gasteiger partial charge on any atom is -0.492 e. The van der Waals surface area contributed by atoms with E-state index in [0.29, 0.717) is 29.7 Å². The van der Waals surface area contributed by atoms with Crippen LogP contribution in [0.5, 0.6) is 23.0 Å². The molecule has 0 atom stereocenters. The van der Waals surface area contributed by atoms with Crippen LogP contribution in [0, 0.1) is 6.92 Å². The number of aromatic nitrogens is 5. The average Bonchev–Trinajstić information content (AvgIpc) is 3.29. The van der Waals surface area contributed by atoms with Gasteiger partial charge in [0, 0.05) is 18.0 Å². The van der Waals surface area contributed by atoms with Gasteiger partial charge in [-0.1, -0.05) is 0 Å². The Hall–Kier alpha value is -4.40. The highest BCUT2D eigenvalue weighted by Gasteiger charge is 2.16. The minimum atomic E-state index is 0.531. The molecule has 0 aliphatic heterocycles. The van der Waals surface area contributed by atoms with E-state index in [-0.39, 0.29) is 0 Å². The number of hydrogen-bond donors (Lipinski definition) is 1. The lowest BCUT2D eigenvalue weighted by Crippen LogP contribution is -2.01. The van der Waals surface area contributed by atoms with Crippen LogP contribution in [-0.4, -0.2) is 38.3 Å². The Bertz CT molecular complexity index is 1450. The van der Waals surface area contributed by atoms with Crippen LogP contribution in [0.2, 0.25) is 0 Å². The van der Waals surface area contributed by atoms with Gasteiger partial charge in [-0.05, 0) is 55.8 Å². The zero-order valence-corrected chi connectivity index (χ0v) is 18.4. The molecular formula is C24H22N6O3. The predicted octanol–water partition coefficient (Wildman–Crippen LogP) is 4.92. The number of benzene rings is 2. The standard InChI is InChI=1S/C24H22N6O3/c1-4-32-20-8-6-18-22(23(20)31-3)24(27-13-25-18)29-16-5-7-19(15(2)11-16)33-17-9-10-30-21(12-17)26-14-28-30/h5-14H,4H2,1-3H3,(H,25,27,29). The smallest absolute Gasteiger partial charge is 0.173 e. The number of fused-ring (bicyclic) bond motifs is 2. The van der Waals surface area contributed by atoms with Gasteiger partial charge in [-0.15, -0.1) is 0 Å². The van der Waals surface area contributed by atoms with Gasteiger partial charge < -0.3 is 19.5 Å². The van der Waals surface area contributed by atoms with E-state index >= 15 is 0 Å². The summed E-state index contributed by atoms with van der Waals surface area (Å²) in [5, 5.41) is 8.23. The summed E-state index contributed by atoms with van der Waals surface area (Å²) in [5.74, 6) is 3.30. The molecule has 33 heavy (non-hydrogen) atoms. The van der Waals surface area contributed by atoms with E-state index in [0.717, 1.165) is 33.6 Å². The molecule has 3 heterocycles. The van der Waals surface area contributed by atoms with Crippen molar-refractivity contribution in [1.29, 1.82) is 0 Å². The molecule has 0 unspecified atom stereocenters. The van der Waals surface area contributed by atoms with E-state index in [1.807, 2.05) is 62.5 Å². The summed E-state index contributed by atoms with van der Waals surface area (Å²) in [7, 11) is 1.61. The van der Waals surface area contributed by atoms with Gasteiger partial charge in [0.2, 0.25) is 0 Å². The van der Waals surface area contributed by atoms with Gasteiger partial charge in [0.25, 0.3) is 0 Å². The van der Waals surface area contributed by atoms with Crippen molar-refractivity contribution in [2.24, 2.45) is 0 Å². The summed E-state index contributed by atoms with van der Waals surface area (Å²) in [4.78, 5) is 13.0. The zero-order chi connectivity index (χ0) is 22.8. The largest absolute Gasteiger partial charge is 0.492 e. The van der Waals surface area contributed by atoms with Crippen molar-refractivity contribution in [2.75, 3.05) is 19.0 Å². The van der Waals surface area contributed by atoms with Crippen molar-refractivity contribution in [2.45, 2.75) is 13.8 Å². The molecule has 5 aromatic rings. The third-order valence-corrected chi connectivity index (χ3v) is 5.14. The topological polar surface area (TPSA) is 95.7 Å². The first-order valence-corrected chi connectivity index (χ1v) is 10.5. The molecule has 0 bridgehead atoms. The number of nitrogens with one attached hydrogen (secondary N) is 1. The molecule has 0 aliphatic rings. The molecule has 3 aromatic heterocycles. The van der Waals surface area contributed by atoms with Crippen LogP contribution in [0.15, 0.2) is 61.3 Å². The Morgan fingerprint density at radius 2 is 1.85 bits per heavy atom. The zero-order valence-electron chi connectivity index (χ0n) is 18.4. The fourth-order valence-electron chi connectivity index (χ4n) is 3.63. The van der Waals surface area contributed by atoms with Crippen molar-refractivity contribution in [1.82, 2.24) is 24.6 Å². The molecule has 0 aliphatic carbocycles. The first-order chi connectivity index (χ1) is 16.2. The summed E-state index contributed by atoms with van der Waals surface area (Å²) in [5.41, 5.74) is 3.30. The first-order valence-electron chi connectivity index (χ1n) is 10.5. The van der Waals surface area contributed by atoms with Crippen molar-refractivity contribution in [3.63, 3.8) is 0 Å². The monoisotopic (exact) mass is 442 g/mol. The number of hydrogen-bond acceptors (Lipinski definition) is 8. The predicted molar refractivity (Wildman–Crippen MR) is 125 cm³/mol. The number of nitrogens with zero attached hydrogens (tertiary/aromatic N) is 5. The SMILES string of the molecule is CCOc1ccc2ncnc(Nc3ccc(Oc4ccn5ncnc5c4)c(C)c3)c2c1OC.